The van der Waals surface area contributed by atoms with E-state index in [4.69, 9.17) is 14.6 Å². The zero-order valence-corrected chi connectivity index (χ0v) is 10.2. The maximum atomic E-state index is 12.0. The summed E-state index contributed by atoms with van der Waals surface area (Å²) in [7, 11) is 2.65. The SMILES string of the molecule is COC1=C(OC)C(=O)C(CCCO)=C(C)C1=O. The first kappa shape index (κ1) is 13.4. The summed E-state index contributed by atoms with van der Waals surface area (Å²) in [4.78, 5) is 23.9. The fourth-order valence-electron chi connectivity index (χ4n) is 1.75. The van der Waals surface area contributed by atoms with E-state index in [0.717, 1.165) is 0 Å². The third kappa shape index (κ3) is 2.39. The Bertz CT molecular complexity index is 403. The van der Waals surface area contributed by atoms with Crippen LogP contribution in [-0.2, 0) is 19.1 Å². The summed E-state index contributed by atoms with van der Waals surface area (Å²) in [6.45, 7) is 1.56. The molecule has 1 rings (SSSR count). The summed E-state index contributed by atoms with van der Waals surface area (Å²) in [5.74, 6) is -0.787. The van der Waals surface area contributed by atoms with Crippen LogP contribution in [0.2, 0.25) is 0 Å². The average Bonchev–Trinajstić information content (AvgIpc) is 2.33. The minimum atomic E-state index is -0.338. The number of Topliss-reactive ketones (excluding diaryl/α,β-unsaturated/α-hetero) is 2. The van der Waals surface area contributed by atoms with Gasteiger partial charge in [-0.25, -0.2) is 0 Å². The number of aliphatic hydroxyl groups is 1. The first-order valence-corrected chi connectivity index (χ1v) is 5.30. The van der Waals surface area contributed by atoms with Crippen molar-refractivity contribution < 1.29 is 24.2 Å². The number of carbonyl (C=O) groups excluding carboxylic acids is 2. The molecule has 0 aromatic rings. The molecule has 1 N–H and O–H groups in total. The molecule has 0 aromatic carbocycles. The fourth-order valence-corrected chi connectivity index (χ4v) is 1.75. The summed E-state index contributed by atoms with van der Waals surface area (Å²) in [6, 6.07) is 0. The van der Waals surface area contributed by atoms with Gasteiger partial charge in [0.05, 0.1) is 14.2 Å². The van der Waals surface area contributed by atoms with Crippen LogP contribution in [0.4, 0.5) is 0 Å². The maximum Gasteiger partial charge on any atom is 0.228 e. The number of aliphatic hydroxyl groups excluding tert-OH is 1. The standard InChI is InChI=1S/C12H16O5/c1-7-8(5-4-6-13)10(15)12(17-3)11(16-2)9(7)14/h13H,4-6H2,1-3H3. The Labute approximate surface area is 99.7 Å². The molecule has 0 atom stereocenters. The lowest BCUT2D eigenvalue weighted by Gasteiger charge is -2.19. The van der Waals surface area contributed by atoms with Crippen molar-refractivity contribution in [2.75, 3.05) is 20.8 Å². The molecule has 0 saturated carbocycles. The van der Waals surface area contributed by atoms with Crippen molar-refractivity contribution in [1.29, 1.82) is 0 Å². The molecule has 0 fully saturated rings. The molecular formula is C12H16O5. The quantitative estimate of drug-likeness (QED) is 0.717. The Morgan fingerprint density at radius 1 is 1.06 bits per heavy atom. The zero-order valence-electron chi connectivity index (χ0n) is 10.2. The highest BCUT2D eigenvalue weighted by Gasteiger charge is 2.34. The van der Waals surface area contributed by atoms with E-state index >= 15 is 0 Å². The van der Waals surface area contributed by atoms with Gasteiger partial charge in [-0.05, 0) is 19.8 Å². The number of ketones is 2. The first-order chi connectivity index (χ1) is 8.08. The maximum absolute atomic E-state index is 12.0. The molecular weight excluding hydrogens is 224 g/mol. The van der Waals surface area contributed by atoms with E-state index < -0.39 is 0 Å². The number of allylic oxidation sites excluding steroid dienone is 2. The van der Waals surface area contributed by atoms with Crippen LogP contribution < -0.4 is 0 Å². The van der Waals surface area contributed by atoms with Gasteiger partial charge in [0.15, 0.2) is 0 Å². The van der Waals surface area contributed by atoms with Gasteiger partial charge in [0, 0.05) is 17.8 Å². The number of hydrogen-bond donors (Lipinski definition) is 1. The van der Waals surface area contributed by atoms with Crippen molar-refractivity contribution in [2.24, 2.45) is 0 Å². The Morgan fingerprint density at radius 3 is 2.06 bits per heavy atom. The van der Waals surface area contributed by atoms with E-state index in [-0.39, 0.29) is 29.7 Å². The normalized spacial score (nSPS) is 16.7. The topological polar surface area (TPSA) is 72.8 Å². The predicted molar refractivity (Wildman–Crippen MR) is 60.1 cm³/mol. The van der Waals surface area contributed by atoms with Gasteiger partial charge in [0.2, 0.25) is 23.1 Å². The zero-order chi connectivity index (χ0) is 13.0. The van der Waals surface area contributed by atoms with E-state index in [0.29, 0.717) is 24.0 Å². The Balaban J connectivity index is 3.14. The number of ether oxygens (including phenoxy) is 2. The molecule has 0 unspecified atom stereocenters. The molecule has 0 aromatic heterocycles. The molecule has 1 aliphatic carbocycles. The van der Waals surface area contributed by atoms with Gasteiger partial charge in [-0.3, -0.25) is 9.59 Å². The van der Waals surface area contributed by atoms with Crippen molar-refractivity contribution in [2.45, 2.75) is 19.8 Å². The number of methoxy groups -OCH3 is 2. The van der Waals surface area contributed by atoms with E-state index in [9.17, 15) is 9.59 Å². The predicted octanol–water partition coefficient (Wildman–Crippen LogP) is 0.732. The molecule has 0 saturated heterocycles. The van der Waals surface area contributed by atoms with Crippen LogP contribution in [0.1, 0.15) is 19.8 Å². The third-order valence-electron chi connectivity index (χ3n) is 2.68. The Hall–Kier alpha value is -1.62. The van der Waals surface area contributed by atoms with Gasteiger partial charge in [-0.15, -0.1) is 0 Å². The highest BCUT2D eigenvalue weighted by atomic mass is 16.5. The fraction of sp³-hybridized carbons (Fsp3) is 0.500. The lowest BCUT2D eigenvalue weighted by atomic mass is 9.90. The van der Waals surface area contributed by atoms with Crippen molar-refractivity contribution in [3.63, 3.8) is 0 Å². The molecule has 94 valence electrons. The lowest BCUT2D eigenvalue weighted by molar-refractivity contribution is -0.121. The van der Waals surface area contributed by atoms with Gasteiger partial charge in [-0.2, -0.15) is 0 Å². The largest absolute Gasteiger partial charge is 0.489 e. The van der Waals surface area contributed by atoms with Gasteiger partial charge < -0.3 is 14.6 Å². The molecule has 0 bridgehead atoms. The molecule has 0 heterocycles. The second kappa shape index (κ2) is 5.63. The van der Waals surface area contributed by atoms with Gasteiger partial charge in [-0.1, -0.05) is 0 Å². The number of carbonyl (C=O) groups is 2. The second-order valence-corrected chi connectivity index (χ2v) is 3.66. The van der Waals surface area contributed by atoms with Crippen LogP contribution in [0.15, 0.2) is 22.7 Å². The first-order valence-electron chi connectivity index (χ1n) is 5.30. The average molecular weight is 240 g/mol. The molecule has 0 spiro atoms. The van der Waals surface area contributed by atoms with Crippen LogP contribution in [-0.4, -0.2) is 37.5 Å². The molecule has 0 radical (unpaired) electrons. The summed E-state index contributed by atoms with van der Waals surface area (Å²) in [5.41, 5.74) is 0.753. The smallest absolute Gasteiger partial charge is 0.228 e. The van der Waals surface area contributed by atoms with E-state index in [1.807, 2.05) is 0 Å². The number of hydrogen-bond acceptors (Lipinski definition) is 5. The van der Waals surface area contributed by atoms with E-state index in [2.05, 4.69) is 0 Å². The highest BCUT2D eigenvalue weighted by Crippen LogP contribution is 2.27. The van der Waals surface area contributed by atoms with Crippen molar-refractivity contribution >= 4 is 11.6 Å². The lowest BCUT2D eigenvalue weighted by Crippen LogP contribution is -2.25. The summed E-state index contributed by atoms with van der Waals surface area (Å²) < 4.78 is 9.82. The molecule has 17 heavy (non-hydrogen) atoms. The van der Waals surface area contributed by atoms with Crippen LogP contribution in [0.25, 0.3) is 0 Å². The molecule has 5 nitrogen and oxygen atoms in total. The van der Waals surface area contributed by atoms with Gasteiger partial charge in [0.25, 0.3) is 0 Å². The highest BCUT2D eigenvalue weighted by molar-refractivity contribution is 6.23. The van der Waals surface area contributed by atoms with E-state index in [1.54, 1.807) is 6.92 Å². The summed E-state index contributed by atoms with van der Waals surface area (Å²) >= 11 is 0. The minimum Gasteiger partial charge on any atom is -0.489 e. The van der Waals surface area contributed by atoms with Gasteiger partial charge in [0.1, 0.15) is 0 Å². The Kier molecular flexibility index (Phi) is 4.45. The van der Waals surface area contributed by atoms with Crippen LogP contribution in [0.3, 0.4) is 0 Å². The van der Waals surface area contributed by atoms with E-state index in [1.165, 1.54) is 14.2 Å². The monoisotopic (exact) mass is 240 g/mol. The molecule has 1 aliphatic rings. The van der Waals surface area contributed by atoms with Crippen LogP contribution >= 0.6 is 0 Å². The third-order valence-corrected chi connectivity index (χ3v) is 2.68. The van der Waals surface area contributed by atoms with Crippen molar-refractivity contribution in [3.05, 3.63) is 22.7 Å². The second-order valence-electron chi connectivity index (χ2n) is 3.66. The van der Waals surface area contributed by atoms with Crippen molar-refractivity contribution in [3.8, 4) is 0 Å². The molecule has 0 aliphatic heterocycles. The summed E-state index contributed by atoms with van der Waals surface area (Å²) in [6.07, 6.45) is 0.793. The molecule has 0 amide bonds. The summed E-state index contributed by atoms with van der Waals surface area (Å²) in [5, 5.41) is 8.77. The number of rotatable bonds is 5. The van der Waals surface area contributed by atoms with Crippen molar-refractivity contribution in [1.82, 2.24) is 0 Å². The van der Waals surface area contributed by atoms with Crippen LogP contribution in [0.5, 0.6) is 0 Å². The Morgan fingerprint density at radius 2 is 1.59 bits per heavy atom. The van der Waals surface area contributed by atoms with Gasteiger partial charge >= 0.3 is 0 Å². The van der Waals surface area contributed by atoms with Crippen LogP contribution in [0, 0.1) is 0 Å². The molecule has 5 heteroatoms. The minimum absolute atomic E-state index is 0.0264.